The van der Waals surface area contributed by atoms with Crippen molar-refractivity contribution in [3.63, 3.8) is 0 Å². The highest BCUT2D eigenvalue weighted by molar-refractivity contribution is 7.80. The molecule has 0 aliphatic carbocycles. The van der Waals surface area contributed by atoms with Gasteiger partial charge >= 0.3 is 12.1 Å². The number of carbonyl (C=O) groups is 1. The third-order valence-corrected chi connectivity index (χ3v) is 7.64. The Balaban J connectivity index is 2.40. The molecule has 0 radical (unpaired) electrons. The van der Waals surface area contributed by atoms with E-state index in [9.17, 15) is 18.0 Å². The number of aryl methyl sites for hydroxylation is 2. The minimum Gasteiger partial charge on any atom is -0.293 e. The second kappa shape index (κ2) is 5.37. The molecule has 1 amide bonds. The Bertz CT molecular complexity index is 908. The van der Waals surface area contributed by atoms with Crippen LogP contribution in [-0.2, 0) is 10.3 Å². The molecule has 0 spiro atoms. The van der Waals surface area contributed by atoms with E-state index in [4.69, 9.17) is 12.2 Å². The fourth-order valence-corrected chi connectivity index (χ4v) is 6.26. The minimum absolute atomic E-state index is 0.273. The molecular formula is C16H14F3NOS3. The molecule has 2 nitrogen and oxygen atoms in total. The van der Waals surface area contributed by atoms with Crippen LogP contribution in [0, 0.1) is 17.7 Å². The van der Waals surface area contributed by atoms with Crippen molar-refractivity contribution in [1.29, 1.82) is 0 Å². The molecule has 2 aromatic rings. The van der Waals surface area contributed by atoms with Crippen LogP contribution in [0.5, 0.6) is 0 Å². The summed E-state index contributed by atoms with van der Waals surface area (Å²) in [5.74, 6) is -1.85. The van der Waals surface area contributed by atoms with E-state index in [1.807, 2.05) is 19.9 Å². The van der Waals surface area contributed by atoms with E-state index in [1.54, 1.807) is 19.9 Å². The van der Waals surface area contributed by atoms with Crippen molar-refractivity contribution in [1.82, 2.24) is 0 Å². The van der Waals surface area contributed by atoms with E-state index in [2.05, 4.69) is 0 Å². The number of benzene rings is 1. The van der Waals surface area contributed by atoms with E-state index in [1.165, 1.54) is 20.7 Å². The van der Waals surface area contributed by atoms with Crippen molar-refractivity contribution in [2.24, 2.45) is 0 Å². The number of anilines is 1. The molecule has 0 saturated heterocycles. The third-order valence-electron chi connectivity index (χ3n) is 4.31. The smallest absolute Gasteiger partial charge is 0.293 e. The van der Waals surface area contributed by atoms with Crippen molar-refractivity contribution in [3.05, 3.63) is 32.0 Å². The monoisotopic (exact) mass is 389 g/mol. The third kappa shape index (κ3) is 2.43. The zero-order valence-corrected chi connectivity index (χ0v) is 15.8. The van der Waals surface area contributed by atoms with Crippen LogP contribution in [0.2, 0.25) is 0 Å². The van der Waals surface area contributed by atoms with Gasteiger partial charge < -0.3 is 0 Å². The van der Waals surface area contributed by atoms with Crippen LogP contribution in [0.15, 0.2) is 12.1 Å². The number of fused-ring (bicyclic) bond motifs is 3. The van der Waals surface area contributed by atoms with Gasteiger partial charge in [0.1, 0.15) is 3.82 Å². The SMILES string of the molecule is Cc1cc2c(cc1C)N(C(=O)C(F)(F)F)C(C)(C)c1ssc(=S)c1-2. The fraction of sp³-hybridized carbons (Fsp3) is 0.375. The maximum atomic E-state index is 13.2. The maximum absolute atomic E-state index is 13.2. The van der Waals surface area contributed by atoms with E-state index < -0.39 is 17.6 Å². The van der Waals surface area contributed by atoms with Gasteiger partial charge in [-0.25, -0.2) is 0 Å². The van der Waals surface area contributed by atoms with Crippen molar-refractivity contribution in [2.45, 2.75) is 39.4 Å². The Morgan fingerprint density at radius 2 is 1.75 bits per heavy atom. The molecule has 3 rings (SSSR count). The van der Waals surface area contributed by atoms with E-state index in [-0.39, 0.29) is 5.69 Å². The van der Waals surface area contributed by atoms with Gasteiger partial charge in [0.15, 0.2) is 0 Å². The number of nitrogens with zero attached hydrogens (tertiary/aromatic N) is 1. The molecule has 0 bridgehead atoms. The Kier molecular flexibility index (Phi) is 3.93. The molecular weight excluding hydrogens is 375 g/mol. The summed E-state index contributed by atoms with van der Waals surface area (Å²) in [6, 6.07) is 3.47. The molecule has 1 aliphatic rings. The first-order valence-electron chi connectivity index (χ1n) is 7.13. The number of hydrogen-bond donors (Lipinski definition) is 0. The summed E-state index contributed by atoms with van der Waals surface area (Å²) in [5, 5.41) is 0. The highest BCUT2D eigenvalue weighted by Crippen LogP contribution is 2.53. The normalized spacial score (nSPS) is 15.9. The van der Waals surface area contributed by atoms with Crippen molar-refractivity contribution in [3.8, 4) is 11.1 Å². The predicted molar refractivity (Wildman–Crippen MR) is 94.5 cm³/mol. The summed E-state index contributed by atoms with van der Waals surface area (Å²) in [4.78, 5) is 13.8. The lowest BCUT2D eigenvalue weighted by Crippen LogP contribution is -2.52. The van der Waals surface area contributed by atoms with Gasteiger partial charge in [-0.3, -0.25) is 9.69 Å². The first-order chi connectivity index (χ1) is 11.0. The summed E-state index contributed by atoms with van der Waals surface area (Å²) in [7, 11) is 2.70. The molecule has 8 heteroatoms. The lowest BCUT2D eigenvalue weighted by atomic mass is 9.86. The molecule has 0 unspecified atom stereocenters. The van der Waals surface area contributed by atoms with Crippen LogP contribution in [-0.4, -0.2) is 12.1 Å². The summed E-state index contributed by atoms with van der Waals surface area (Å²) in [5.41, 5.74) is 2.33. The summed E-state index contributed by atoms with van der Waals surface area (Å²) < 4.78 is 40.3. The minimum atomic E-state index is -4.94. The molecule has 0 fully saturated rings. The molecule has 0 atom stereocenters. The average Bonchev–Trinajstić information content (AvgIpc) is 2.83. The van der Waals surface area contributed by atoms with Crippen LogP contribution in [0.4, 0.5) is 18.9 Å². The van der Waals surface area contributed by atoms with Crippen LogP contribution in [0.1, 0.15) is 29.9 Å². The Morgan fingerprint density at radius 1 is 1.17 bits per heavy atom. The van der Waals surface area contributed by atoms with Crippen LogP contribution in [0.25, 0.3) is 11.1 Å². The van der Waals surface area contributed by atoms with E-state index >= 15 is 0 Å². The summed E-state index contributed by atoms with van der Waals surface area (Å²) in [6.07, 6.45) is -4.94. The van der Waals surface area contributed by atoms with Crippen molar-refractivity contribution < 1.29 is 18.0 Å². The van der Waals surface area contributed by atoms with E-state index in [0.717, 1.165) is 21.6 Å². The zero-order chi connectivity index (χ0) is 18.0. The van der Waals surface area contributed by atoms with Crippen LogP contribution >= 0.6 is 32.9 Å². The highest BCUT2D eigenvalue weighted by atomic mass is 32.9. The molecule has 24 heavy (non-hydrogen) atoms. The number of alkyl halides is 3. The lowest BCUT2D eigenvalue weighted by molar-refractivity contribution is -0.171. The molecule has 0 N–H and O–H groups in total. The van der Waals surface area contributed by atoms with Gasteiger partial charge in [0.25, 0.3) is 0 Å². The van der Waals surface area contributed by atoms with Gasteiger partial charge in [-0.2, -0.15) is 13.2 Å². The molecule has 1 aliphatic heterocycles. The largest absolute Gasteiger partial charge is 0.471 e. The van der Waals surface area contributed by atoms with Crippen LogP contribution in [0.3, 0.4) is 0 Å². The van der Waals surface area contributed by atoms with Crippen molar-refractivity contribution >= 4 is 44.5 Å². The molecule has 1 aromatic carbocycles. The number of rotatable bonds is 0. The standard InChI is InChI=1S/C16H14F3NOS3/c1-7-5-9-10(6-8(7)2)20(14(21)16(17,18)19)15(3,4)12-11(9)13(22)24-23-12/h5-6H,1-4H3. The second-order valence-corrected chi connectivity index (χ2v) is 9.13. The Labute approximate surface area is 149 Å². The summed E-state index contributed by atoms with van der Waals surface area (Å²) >= 11 is 5.41. The number of hydrogen-bond acceptors (Lipinski definition) is 4. The van der Waals surface area contributed by atoms with E-state index in [0.29, 0.717) is 14.3 Å². The quantitative estimate of drug-likeness (QED) is 0.409. The topological polar surface area (TPSA) is 20.3 Å². The Morgan fingerprint density at radius 3 is 2.33 bits per heavy atom. The first-order valence-corrected chi connectivity index (χ1v) is 9.68. The van der Waals surface area contributed by atoms with Gasteiger partial charge in [0.2, 0.25) is 0 Å². The van der Waals surface area contributed by atoms with Gasteiger partial charge in [-0.15, -0.1) is 0 Å². The number of amides is 1. The van der Waals surface area contributed by atoms with Gasteiger partial charge in [-0.1, -0.05) is 32.9 Å². The van der Waals surface area contributed by atoms with Gasteiger partial charge in [0, 0.05) is 11.1 Å². The molecule has 0 saturated carbocycles. The van der Waals surface area contributed by atoms with Crippen LogP contribution < -0.4 is 4.90 Å². The van der Waals surface area contributed by atoms with Crippen molar-refractivity contribution in [2.75, 3.05) is 4.90 Å². The first kappa shape index (κ1) is 17.6. The fourth-order valence-electron chi connectivity index (χ4n) is 2.97. The number of halogens is 3. The maximum Gasteiger partial charge on any atom is 0.471 e. The molecule has 1 aromatic heterocycles. The molecule has 2 heterocycles. The zero-order valence-electron chi connectivity index (χ0n) is 13.4. The Hall–Kier alpha value is -1.25. The summed E-state index contributed by atoms with van der Waals surface area (Å²) in [6.45, 7) is 6.97. The predicted octanol–water partition coefficient (Wildman–Crippen LogP) is 5.97. The van der Waals surface area contributed by atoms with Gasteiger partial charge in [0.05, 0.1) is 16.1 Å². The highest BCUT2D eigenvalue weighted by Gasteiger charge is 2.52. The second-order valence-electron chi connectivity index (χ2n) is 6.31. The average molecular weight is 389 g/mol. The molecule has 128 valence electrons. The number of carbonyl (C=O) groups excluding carboxylic acids is 1. The van der Waals surface area contributed by atoms with Gasteiger partial charge in [-0.05, 0) is 51.0 Å². The lowest BCUT2D eigenvalue weighted by Gasteiger charge is -2.43.